The van der Waals surface area contributed by atoms with E-state index < -0.39 is 5.92 Å². The Morgan fingerprint density at radius 1 is 1.55 bits per heavy atom. The Labute approximate surface area is 115 Å². The Morgan fingerprint density at radius 3 is 3.20 bits per heavy atom. The van der Waals surface area contributed by atoms with Crippen LogP contribution >= 0.6 is 0 Å². The molecule has 0 aromatic carbocycles. The molecule has 0 saturated carbocycles. The van der Waals surface area contributed by atoms with Crippen LogP contribution in [0, 0.1) is 17.9 Å². The molecule has 1 N–H and O–H groups in total. The third-order valence-electron chi connectivity index (χ3n) is 2.86. The summed E-state index contributed by atoms with van der Waals surface area (Å²) in [6.45, 7) is 2.10. The molecule has 1 aliphatic heterocycles. The van der Waals surface area contributed by atoms with Crippen molar-refractivity contribution < 1.29 is 9.53 Å². The Bertz CT molecular complexity index is 738. The van der Waals surface area contributed by atoms with Gasteiger partial charge in [0.15, 0.2) is 5.92 Å². The molecule has 2 aromatic heterocycles. The lowest BCUT2D eigenvalue weighted by atomic mass is 10.2. The van der Waals surface area contributed by atoms with Gasteiger partial charge in [0.25, 0.3) is 0 Å². The second-order valence-corrected chi connectivity index (χ2v) is 4.13. The van der Waals surface area contributed by atoms with E-state index >= 15 is 0 Å². The molecule has 2 aromatic rings. The number of anilines is 1. The van der Waals surface area contributed by atoms with E-state index in [1.807, 2.05) is 18.3 Å². The standard InChI is InChI=1S/C14H12N4O2/c1-2-20-14(19)10-5-8-18(17-9-10)12-4-7-16-13-11(12)3-6-15-13/h3-4,6-7,9-10H,2H2,1H3,(H,15,16). The molecule has 6 nitrogen and oxygen atoms in total. The van der Waals surface area contributed by atoms with Crippen LogP contribution in [-0.4, -0.2) is 28.8 Å². The van der Waals surface area contributed by atoms with Gasteiger partial charge in [-0.25, -0.2) is 4.98 Å². The predicted octanol–water partition coefficient (Wildman–Crippen LogP) is 1.51. The maximum absolute atomic E-state index is 11.6. The van der Waals surface area contributed by atoms with E-state index in [-0.39, 0.29) is 5.97 Å². The van der Waals surface area contributed by atoms with E-state index in [1.165, 1.54) is 11.2 Å². The molecule has 0 radical (unpaired) electrons. The Kier molecular flexibility index (Phi) is 3.09. The van der Waals surface area contributed by atoms with Crippen molar-refractivity contribution in [2.75, 3.05) is 11.6 Å². The number of aromatic nitrogens is 2. The normalized spacial score (nSPS) is 16.9. The van der Waals surface area contributed by atoms with Crippen LogP contribution in [0.15, 0.2) is 29.6 Å². The molecule has 0 fully saturated rings. The molecular weight excluding hydrogens is 256 g/mol. The van der Waals surface area contributed by atoms with Gasteiger partial charge in [-0.3, -0.25) is 4.79 Å². The average Bonchev–Trinajstić information content (AvgIpc) is 2.96. The fourth-order valence-electron chi connectivity index (χ4n) is 1.94. The van der Waals surface area contributed by atoms with Gasteiger partial charge in [0.1, 0.15) is 5.65 Å². The van der Waals surface area contributed by atoms with Crippen molar-refractivity contribution in [3.63, 3.8) is 0 Å². The maximum atomic E-state index is 11.6. The second-order valence-electron chi connectivity index (χ2n) is 4.13. The molecule has 0 spiro atoms. The number of hydrogen-bond acceptors (Lipinski definition) is 5. The number of nitrogens with one attached hydrogen (secondary N) is 1. The first-order valence-electron chi connectivity index (χ1n) is 6.23. The zero-order valence-electron chi connectivity index (χ0n) is 10.8. The van der Waals surface area contributed by atoms with Crippen molar-refractivity contribution in [3.05, 3.63) is 24.5 Å². The van der Waals surface area contributed by atoms with Gasteiger partial charge in [-0.15, -0.1) is 0 Å². The summed E-state index contributed by atoms with van der Waals surface area (Å²) in [5, 5.41) is 6.67. The molecule has 100 valence electrons. The van der Waals surface area contributed by atoms with Crippen LogP contribution in [0.4, 0.5) is 5.69 Å². The first-order chi connectivity index (χ1) is 9.79. The third kappa shape index (κ3) is 2.10. The summed E-state index contributed by atoms with van der Waals surface area (Å²) in [5.41, 5.74) is 1.59. The molecule has 0 aliphatic carbocycles. The van der Waals surface area contributed by atoms with Crippen LogP contribution in [0.3, 0.4) is 0 Å². The number of hydrogen-bond donors (Lipinski definition) is 1. The minimum atomic E-state index is -0.602. The fraction of sp³-hybridized carbons (Fsp3) is 0.214. The van der Waals surface area contributed by atoms with E-state index in [1.54, 1.807) is 13.1 Å². The molecule has 20 heavy (non-hydrogen) atoms. The molecule has 0 saturated heterocycles. The summed E-state index contributed by atoms with van der Waals surface area (Å²) >= 11 is 0. The van der Waals surface area contributed by atoms with Crippen LogP contribution < -0.4 is 5.01 Å². The van der Waals surface area contributed by atoms with Crippen molar-refractivity contribution in [2.45, 2.75) is 6.92 Å². The zero-order valence-corrected chi connectivity index (χ0v) is 10.8. The lowest BCUT2D eigenvalue weighted by Crippen LogP contribution is -2.23. The zero-order chi connectivity index (χ0) is 13.9. The molecule has 1 unspecified atom stereocenters. The number of H-pyrrole nitrogens is 1. The van der Waals surface area contributed by atoms with E-state index in [2.05, 4.69) is 27.0 Å². The van der Waals surface area contributed by atoms with Gasteiger partial charge in [-0.2, -0.15) is 10.1 Å². The number of esters is 1. The van der Waals surface area contributed by atoms with Crippen molar-refractivity contribution in [3.8, 4) is 12.0 Å². The highest BCUT2D eigenvalue weighted by Gasteiger charge is 2.19. The monoisotopic (exact) mass is 268 g/mol. The van der Waals surface area contributed by atoms with Gasteiger partial charge in [0, 0.05) is 23.8 Å². The van der Waals surface area contributed by atoms with Gasteiger partial charge < -0.3 is 9.72 Å². The van der Waals surface area contributed by atoms with E-state index in [9.17, 15) is 4.79 Å². The Balaban J connectivity index is 1.88. The number of hydrazone groups is 1. The number of pyridine rings is 1. The molecule has 0 amide bonds. The maximum Gasteiger partial charge on any atom is 0.326 e. The van der Waals surface area contributed by atoms with Crippen LogP contribution in [0.2, 0.25) is 0 Å². The van der Waals surface area contributed by atoms with Gasteiger partial charge in [-0.1, -0.05) is 5.92 Å². The quantitative estimate of drug-likeness (QED) is 0.676. The molecule has 1 aliphatic rings. The molecule has 1 atom stereocenters. The SMILES string of the molecule is CCOC(=O)C1C#CN(c2ccnc3[nH]ccc23)N=C1. The number of aromatic amines is 1. The highest BCUT2D eigenvalue weighted by atomic mass is 16.5. The smallest absolute Gasteiger partial charge is 0.326 e. The van der Waals surface area contributed by atoms with Crippen LogP contribution in [0.1, 0.15) is 6.92 Å². The molecular formula is C14H12N4O2. The van der Waals surface area contributed by atoms with Crippen LogP contribution in [-0.2, 0) is 9.53 Å². The van der Waals surface area contributed by atoms with Crippen LogP contribution in [0.5, 0.6) is 0 Å². The highest BCUT2D eigenvalue weighted by Crippen LogP contribution is 2.25. The van der Waals surface area contributed by atoms with Gasteiger partial charge in [0.2, 0.25) is 0 Å². The fourth-order valence-corrected chi connectivity index (χ4v) is 1.94. The van der Waals surface area contributed by atoms with Gasteiger partial charge in [-0.05, 0) is 19.1 Å². The number of rotatable bonds is 3. The van der Waals surface area contributed by atoms with Crippen LogP contribution in [0.25, 0.3) is 11.0 Å². The molecule has 0 bridgehead atoms. The Hall–Kier alpha value is -2.81. The van der Waals surface area contributed by atoms with Crippen molar-refractivity contribution in [2.24, 2.45) is 11.0 Å². The second kappa shape index (κ2) is 5.05. The summed E-state index contributed by atoms with van der Waals surface area (Å²) in [5.74, 6) is 1.86. The van der Waals surface area contributed by atoms with Gasteiger partial charge >= 0.3 is 5.97 Å². The topological polar surface area (TPSA) is 70.6 Å². The number of ether oxygens (including phenoxy) is 1. The summed E-state index contributed by atoms with van der Waals surface area (Å²) < 4.78 is 4.91. The number of carbonyl (C=O) groups is 1. The first kappa shape index (κ1) is 12.2. The summed E-state index contributed by atoms with van der Waals surface area (Å²) in [7, 11) is 0. The molecule has 6 heteroatoms. The number of fused-ring (bicyclic) bond motifs is 1. The number of carbonyl (C=O) groups excluding carboxylic acids is 1. The highest BCUT2D eigenvalue weighted by molar-refractivity contribution is 5.96. The average molecular weight is 268 g/mol. The lowest BCUT2D eigenvalue weighted by Gasteiger charge is -2.16. The number of nitrogens with zero attached hydrogens (tertiary/aromatic N) is 3. The largest absolute Gasteiger partial charge is 0.465 e. The summed E-state index contributed by atoms with van der Waals surface area (Å²) in [6.07, 6.45) is 4.99. The first-order valence-corrected chi connectivity index (χ1v) is 6.23. The minimum Gasteiger partial charge on any atom is -0.465 e. The molecule has 3 heterocycles. The predicted molar refractivity (Wildman–Crippen MR) is 75.0 cm³/mol. The van der Waals surface area contributed by atoms with E-state index in [0.717, 1.165) is 16.7 Å². The molecule has 3 rings (SSSR count). The Morgan fingerprint density at radius 2 is 2.45 bits per heavy atom. The van der Waals surface area contributed by atoms with E-state index in [4.69, 9.17) is 4.74 Å². The minimum absolute atomic E-state index is 0.336. The summed E-state index contributed by atoms with van der Waals surface area (Å²) in [6, 6.07) is 6.58. The van der Waals surface area contributed by atoms with Gasteiger partial charge in [0.05, 0.1) is 18.5 Å². The van der Waals surface area contributed by atoms with Crippen molar-refractivity contribution in [1.29, 1.82) is 0 Å². The lowest BCUT2D eigenvalue weighted by molar-refractivity contribution is -0.143. The van der Waals surface area contributed by atoms with E-state index in [0.29, 0.717) is 6.61 Å². The van der Waals surface area contributed by atoms with Crippen molar-refractivity contribution in [1.82, 2.24) is 9.97 Å². The third-order valence-corrected chi connectivity index (χ3v) is 2.86. The van der Waals surface area contributed by atoms with Crippen molar-refractivity contribution >= 4 is 28.9 Å². The summed E-state index contributed by atoms with van der Waals surface area (Å²) in [4.78, 5) is 18.8.